The molecule has 0 aromatic heterocycles. The van der Waals surface area contributed by atoms with E-state index in [0.717, 1.165) is 6.42 Å². The van der Waals surface area contributed by atoms with Crippen LogP contribution in [0, 0.1) is 13.8 Å². The summed E-state index contributed by atoms with van der Waals surface area (Å²) in [5, 5.41) is 0. The van der Waals surface area contributed by atoms with E-state index in [2.05, 4.69) is 88.2 Å². The SMILES string of the molecule is Cc1cccc(CC(Br)c2ccc(Br)c(C)c2)c1. The molecule has 18 heavy (non-hydrogen) atoms. The second-order valence-corrected chi connectivity index (χ2v) is 6.63. The summed E-state index contributed by atoms with van der Waals surface area (Å²) in [5.74, 6) is 0. The van der Waals surface area contributed by atoms with Gasteiger partial charge in [-0.15, -0.1) is 0 Å². The molecule has 2 rings (SSSR count). The number of benzene rings is 2. The molecule has 0 aliphatic heterocycles. The van der Waals surface area contributed by atoms with Crippen LogP contribution in [-0.2, 0) is 6.42 Å². The maximum atomic E-state index is 3.79. The predicted molar refractivity (Wildman–Crippen MR) is 85.4 cm³/mol. The van der Waals surface area contributed by atoms with Crippen LogP contribution in [0.2, 0.25) is 0 Å². The summed E-state index contributed by atoms with van der Waals surface area (Å²) in [6.07, 6.45) is 1.02. The monoisotopic (exact) mass is 366 g/mol. The molecule has 2 aromatic rings. The van der Waals surface area contributed by atoms with E-state index >= 15 is 0 Å². The van der Waals surface area contributed by atoms with E-state index in [1.165, 1.54) is 26.7 Å². The molecular formula is C16H16Br2. The summed E-state index contributed by atoms with van der Waals surface area (Å²) < 4.78 is 1.17. The van der Waals surface area contributed by atoms with Crippen LogP contribution in [0.4, 0.5) is 0 Å². The average Bonchev–Trinajstić information content (AvgIpc) is 2.32. The number of rotatable bonds is 3. The number of alkyl halides is 1. The highest BCUT2D eigenvalue weighted by Gasteiger charge is 2.09. The second kappa shape index (κ2) is 6.03. The van der Waals surface area contributed by atoms with Crippen molar-refractivity contribution in [3.05, 3.63) is 69.2 Å². The van der Waals surface area contributed by atoms with E-state index in [0.29, 0.717) is 4.83 Å². The number of aryl methyl sites for hydroxylation is 2. The third kappa shape index (κ3) is 3.46. The van der Waals surface area contributed by atoms with E-state index < -0.39 is 0 Å². The lowest BCUT2D eigenvalue weighted by atomic mass is 10.0. The molecule has 2 heteroatoms. The van der Waals surface area contributed by atoms with Crippen molar-refractivity contribution < 1.29 is 0 Å². The van der Waals surface area contributed by atoms with Crippen LogP contribution < -0.4 is 0 Å². The van der Waals surface area contributed by atoms with Crippen LogP contribution in [0.25, 0.3) is 0 Å². The van der Waals surface area contributed by atoms with Crippen LogP contribution in [0.1, 0.15) is 27.1 Å². The molecule has 0 saturated heterocycles. The van der Waals surface area contributed by atoms with Gasteiger partial charge in [-0.1, -0.05) is 73.8 Å². The van der Waals surface area contributed by atoms with Gasteiger partial charge in [0.15, 0.2) is 0 Å². The Labute approximate surface area is 126 Å². The van der Waals surface area contributed by atoms with Crippen LogP contribution in [0.3, 0.4) is 0 Å². The van der Waals surface area contributed by atoms with E-state index in [9.17, 15) is 0 Å². The topological polar surface area (TPSA) is 0 Å². The summed E-state index contributed by atoms with van der Waals surface area (Å²) in [6.45, 7) is 4.26. The molecule has 1 atom stereocenters. The normalized spacial score (nSPS) is 12.4. The Balaban J connectivity index is 2.16. The zero-order valence-corrected chi connectivity index (χ0v) is 13.8. The molecule has 0 nitrogen and oxygen atoms in total. The zero-order chi connectivity index (χ0) is 13.1. The standard InChI is InChI=1S/C16H16Br2/c1-11-4-3-5-13(8-11)10-16(18)14-6-7-15(17)12(2)9-14/h3-9,16H,10H2,1-2H3. The molecule has 0 fully saturated rings. The second-order valence-electron chi connectivity index (χ2n) is 4.67. The maximum Gasteiger partial charge on any atom is 0.0435 e. The maximum absolute atomic E-state index is 3.79. The van der Waals surface area contributed by atoms with Crippen LogP contribution in [0.15, 0.2) is 46.9 Å². The van der Waals surface area contributed by atoms with Gasteiger partial charge in [-0.25, -0.2) is 0 Å². The molecule has 2 aromatic carbocycles. The van der Waals surface area contributed by atoms with Gasteiger partial charge in [-0.05, 0) is 43.0 Å². The van der Waals surface area contributed by atoms with Gasteiger partial charge < -0.3 is 0 Å². The predicted octanol–water partition coefficient (Wildman–Crippen LogP) is 5.74. The third-order valence-corrected chi connectivity index (χ3v) is 4.78. The van der Waals surface area contributed by atoms with Gasteiger partial charge in [0.05, 0.1) is 0 Å². The number of halogens is 2. The summed E-state index contributed by atoms with van der Waals surface area (Å²) in [7, 11) is 0. The average molecular weight is 368 g/mol. The first kappa shape index (κ1) is 13.8. The minimum atomic E-state index is 0.367. The largest absolute Gasteiger partial charge is 0.0835 e. The van der Waals surface area contributed by atoms with Crippen molar-refractivity contribution in [1.82, 2.24) is 0 Å². The van der Waals surface area contributed by atoms with E-state index in [1.54, 1.807) is 0 Å². The van der Waals surface area contributed by atoms with Gasteiger partial charge in [0, 0.05) is 9.30 Å². The summed E-state index contributed by atoms with van der Waals surface area (Å²) in [4.78, 5) is 0.367. The van der Waals surface area contributed by atoms with Crippen molar-refractivity contribution in [2.24, 2.45) is 0 Å². The first-order valence-corrected chi connectivity index (χ1v) is 7.73. The van der Waals surface area contributed by atoms with Gasteiger partial charge in [0.2, 0.25) is 0 Å². The smallest absolute Gasteiger partial charge is 0.0435 e. The highest BCUT2D eigenvalue weighted by atomic mass is 79.9. The molecule has 0 bridgehead atoms. The molecule has 0 N–H and O–H groups in total. The zero-order valence-electron chi connectivity index (χ0n) is 10.6. The highest BCUT2D eigenvalue weighted by molar-refractivity contribution is 9.10. The molecule has 94 valence electrons. The first-order valence-electron chi connectivity index (χ1n) is 6.02. The Morgan fingerprint density at radius 1 is 1.06 bits per heavy atom. The number of hydrogen-bond acceptors (Lipinski definition) is 0. The molecule has 1 unspecified atom stereocenters. The Morgan fingerprint density at radius 2 is 1.83 bits per heavy atom. The van der Waals surface area contributed by atoms with Crippen LogP contribution in [0.5, 0.6) is 0 Å². The molecule has 0 radical (unpaired) electrons. The molecule has 0 aliphatic rings. The molecular weight excluding hydrogens is 352 g/mol. The third-order valence-electron chi connectivity index (χ3n) is 3.04. The van der Waals surface area contributed by atoms with Crippen LogP contribution in [-0.4, -0.2) is 0 Å². The van der Waals surface area contributed by atoms with Gasteiger partial charge in [-0.3, -0.25) is 0 Å². The Morgan fingerprint density at radius 3 is 2.50 bits per heavy atom. The van der Waals surface area contributed by atoms with Gasteiger partial charge in [0.25, 0.3) is 0 Å². The van der Waals surface area contributed by atoms with Gasteiger partial charge >= 0.3 is 0 Å². The fourth-order valence-electron chi connectivity index (χ4n) is 2.03. The van der Waals surface area contributed by atoms with E-state index in [4.69, 9.17) is 0 Å². The fourth-order valence-corrected chi connectivity index (χ4v) is 2.93. The molecule has 0 amide bonds. The fraction of sp³-hybridized carbons (Fsp3) is 0.250. The molecule has 0 aliphatic carbocycles. The first-order chi connectivity index (χ1) is 8.56. The lowest BCUT2D eigenvalue weighted by Gasteiger charge is -2.12. The lowest BCUT2D eigenvalue weighted by molar-refractivity contribution is 0.944. The quantitative estimate of drug-likeness (QED) is 0.606. The Bertz CT molecular complexity index is 547. The molecule has 0 saturated carbocycles. The minimum absolute atomic E-state index is 0.367. The van der Waals surface area contributed by atoms with Crippen molar-refractivity contribution in [2.75, 3.05) is 0 Å². The van der Waals surface area contributed by atoms with Crippen molar-refractivity contribution >= 4 is 31.9 Å². The minimum Gasteiger partial charge on any atom is -0.0835 e. The Kier molecular flexibility index (Phi) is 4.63. The number of hydrogen-bond donors (Lipinski definition) is 0. The van der Waals surface area contributed by atoms with Gasteiger partial charge in [0.1, 0.15) is 0 Å². The van der Waals surface area contributed by atoms with Crippen molar-refractivity contribution in [3.63, 3.8) is 0 Å². The summed E-state index contributed by atoms with van der Waals surface area (Å²) in [5.41, 5.74) is 5.30. The van der Waals surface area contributed by atoms with Crippen molar-refractivity contribution in [3.8, 4) is 0 Å². The lowest BCUT2D eigenvalue weighted by Crippen LogP contribution is -1.96. The van der Waals surface area contributed by atoms with E-state index in [-0.39, 0.29) is 0 Å². The highest BCUT2D eigenvalue weighted by Crippen LogP contribution is 2.29. The summed E-state index contributed by atoms with van der Waals surface area (Å²) >= 11 is 7.33. The van der Waals surface area contributed by atoms with Crippen LogP contribution >= 0.6 is 31.9 Å². The van der Waals surface area contributed by atoms with E-state index in [1.807, 2.05) is 0 Å². The van der Waals surface area contributed by atoms with Gasteiger partial charge in [-0.2, -0.15) is 0 Å². The molecule has 0 spiro atoms. The van der Waals surface area contributed by atoms with Crippen molar-refractivity contribution in [1.29, 1.82) is 0 Å². The Hall–Kier alpha value is -0.600. The van der Waals surface area contributed by atoms with Crippen molar-refractivity contribution in [2.45, 2.75) is 25.1 Å². The molecule has 0 heterocycles. The summed E-state index contributed by atoms with van der Waals surface area (Å²) in [6, 6.07) is 15.2.